The van der Waals surface area contributed by atoms with Crippen LogP contribution in [0.1, 0.15) is 49.1 Å². The molecule has 0 radical (unpaired) electrons. The second kappa shape index (κ2) is 11.0. The van der Waals surface area contributed by atoms with Crippen molar-refractivity contribution in [3.8, 4) is 11.1 Å². The molecule has 0 aromatic heterocycles. The van der Waals surface area contributed by atoms with Gasteiger partial charge in [-0.05, 0) is 47.9 Å². The van der Waals surface area contributed by atoms with Crippen molar-refractivity contribution in [2.75, 3.05) is 13.2 Å². The van der Waals surface area contributed by atoms with E-state index in [1.54, 1.807) is 0 Å². The van der Waals surface area contributed by atoms with Gasteiger partial charge in [0.25, 0.3) is 0 Å². The summed E-state index contributed by atoms with van der Waals surface area (Å²) >= 11 is 0. The van der Waals surface area contributed by atoms with E-state index in [0.717, 1.165) is 35.1 Å². The van der Waals surface area contributed by atoms with Crippen molar-refractivity contribution >= 4 is 23.9 Å². The maximum absolute atomic E-state index is 12.9. The Morgan fingerprint density at radius 1 is 1.03 bits per heavy atom. The monoisotopic (exact) mass is 479 g/mol. The topological polar surface area (TPSA) is 134 Å². The first kappa shape index (κ1) is 24.3. The molecule has 1 heterocycles. The van der Waals surface area contributed by atoms with Gasteiger partial charge in [0.2, 0.25) is 11.8 Å². The van der Waals surface area contributed by atoms with Crippen molar-refractivity contribution in [3.05, 3.63) is 59.7 Å². The van der Waals surface area contributed by atoms with Crippen molar-refractivity contribution in [2.45, 2.75) is 50.1 Å². The number of carboxylic acid groups (broad SMARTS) is 1. The minimum Gasteiger partial charge on any atom is -0.481 e. The van der Waals surface area contributed by atoms with E-state index in [9.17, 15) is 19.2 Å². The SMILES string of the molecule is O=C(O)CCC(NC(=O)OCC1c2ccccc2-c2ccccc21)C(=O)NC1CCCCNC1=O. The van der Waals surface area contributed by atoms with Gasteiger partial charge in [-0.2, -0.15) is 0 Å². The number of carbonyl (C=O) groups is 4. The molecule has 0 bridgehead atoms. The van der Waals surface area contributed by atoms with Gasteiger partial charge in [0, 0.05) is 18.9 Å². The van der Waals surface area contributed by atoms with Crippen molar-refractivity contribution in [1.82, 2.24) is 16.0 Å². The lowest BCUT2D eigenvalue weighted by molar-refractivity contribution is -0.137. The van der Waals surface area contributed by atoms with Crippen LogP contribution in [0.5, 0.6) is 0 Å². The van der Waals surface area contributed by atoms with Crippen LogP contribution in [0.4, 0.5) is 4.79 Å². The van der Waals surface area contributed by atoms with E-state index in [4.69, 9.17) is 9.84 Å². The molecule has 9 nitrogen and oxygen atoms in total. The number of benzene rings is 2. The van der Waals surface area contributed by atoms with E-state index >= 15 is 0 Å². The number of alkyl carbamates (subject to hydrolysis) is 1. The Kier molecular flexibility index (Phi) is 7.64. The van der Waals surface area contributed by atoms with Crippen LogP contribution in [0.3, 0.4) is 0 Å². The molecule has 2 aromatic rings. The normalized spacial score (nSPS) is 17.8. The lowest BCUT2D eigenvalue weighted by Gasteiger charge is -2.22. The number of hydrogen-bond acceptors (Lipinski definition) is 5. The Morgan fingerprint density at radius 2 is 1.69 bits per heavy atom. The fourth-order valence-corrected chi connectivity index (χ4v) is 4.67. The third kappa shape index (κ3) is 5.79. The fraction of sp³-hybridized carbons (Fsp3) is 0.385. The van der Waals surface area contributed by atoms with Gasteiger partial charge in [-0.25, -0.2) is 4.79 Å². The molecule has 2 aromatic carbocycles. The molecule has 1 aliphatic heterocycles. The average molecular weight is 480 g/mol. The molecular weight excluding hydrogens is 450 g/mol. The summed E-state index contributed by atoms with van der Waals surface area (Å²) < 4.78 is 5.50. The highest BCUT2D eigenvalue weighted by molar-refractivity contribution is 5.91. The molecule has 2 atom stereocenters. The molecule has 1 saturated heterocycles. The van der Waals surface area contributed by atoms with Gasteiger partial charge >= 0.3 is 12.1 Å². The largest absolute Gasteiger partial charge is 0.481 e. The minimum atomic E-state index is -1.14. The molecule has 1 fully saturated rings. The number of amides is 3. The first-order valence-corrected chi connectivity index (χ1v) is 11.9. The molecule has 4 N–H and O–H groups in total. The molecule has 3 amide bonds. The molecule has 0 saturated carbocycles. The van der Waals surface area contributed by atoms with Gasteiger partial charge in [0.1, 0.15) is 18.7 Å². The minimum absolute atomic E-state index is 0.0676. The highest BCUT2D eigenvalue weighted by Crippen LogP contribution is 2.44. The molecule has 2 unspecified atom stereocenters. The number of carbonyl (C=O) groups excluding carboxylic acids is 3. The Bertz CT molecular complexity index is 1070. The number of nitrogens with one attached hydrogen (secondary N) is 3. The van der Waals surface area contributed by atoms with Crippen LogP contribution in [0.25, 0.3) is 11.1 Å². The van der Waals surface area contributed by atoms with Crippen LogP contribution in [0.15, 0.2) is 48.5 Å². The first-order valence-electron chi connectivity index (χ1n) is 11.9. The zero-order valence-electron chi connectivity index (χ0n) is 19.3. The maximum Gasteiger partial charge on any atom is 0.407 e. The van der Waals surface area contributed by atoms with Crippen molar-refractivity contribution in [3.63, 3.8) is 0 Å². The predicted octanol–water partition coefficient (Wildman–Crippen LogP) is 2.54. The van der Waals surface area contributed by atoms with E-state index < -0.39 is 30.1 Å². The highest BCUT2D eigenvalue weighted by atomic mass is 16.5. The van der Waals surface area contributed by atoms with Gasteiger partial charge < -0.3 is 25.8 Å². The van der Waals surface area contributed by atoms with Gasteiger partial charge in [0.15, 0.2) is 0 Å². The van der Waals surface area contributed by atoms with Crippen LogP contribution in [-0.4, -0.2) is 54.2 Å². The zero-order chi connectivity index (χ0) is 24.8. The van der Waals surface area contributed by atoms with E-state index in [2.05, 4.69) is 16.0 Å². The van der Waals surface area contributed by atoms with E-state index in [1.807, 2.05) is 48.5 Å². The highest BCUT2D eigenvalue weighted by Gasteiger charge is 2.31. The van der Waals surface area contributed by atoms with Crippen LogP contribution in [-0.2, 0) is 19.1 Å². The number of aliphatic carboxylic acids is 1. The van der Waals surface area contributed by atoms with E-state index in [0.29, 0.717) is 13.0 Å². The molecular formula is C26H29N3O6. The summed E-state index contributed by atoms with van der Waals surface area (Å²) in [5.74, 6) is -2.13. The Hall–Kier alpha value is -3.88. The summed E-state index contributed by atoms with van der Waals surface area (Å²) in [6.07, 6.45) is 0.802. The van der Waals surface area contributed by atoms with Crippen LogP contribution >= 0.6 is 0 Å². The third-order valence-corrected chi connectivity index (χ3v) is 6.45. The van der Waals surface area contributed by atoms with Gasteiger partial charge in [-0.1, -0.05) is 48.5 Å². The summed E-state index contributed by atoms with van der Waals surface area (Å²) in [5, 5.41) is 17.0. The Labute approximate surface area is 203 Å². The van der Waals surface area contributed by atoms with Gasteiger partial charge in [-0.15, -0.1) is 0 Å². The van der Waals surface area contributed by atoms with Crippen LogP contribution in [0.2, 0.25) is 0 Å². The fourth-order valence-electron chi connectivity index (χ4n) is 4.67. The molecule has 0 spiro atoms. The smallest absolute Gasteiger partial charge is 0.407 e. The predicted molar refractivity (Wildman–Crippen MR) is 128 cm³/mol. The summed E-state index contributed by atoms with van der Waals surface area (Å²) in [6, 6.07) is 14.0. The van der Waals surface area contributed by atoms with Crippen LogP contribution in [0, 0.1) is 0 Å². The Balaban J connectivity index is 1.40. The molecule has 1 aliphatic carbocycles. The van der Waals surface area contributed by atoms with Crippen molar-refractivity contribution in [2.24, 2.45) is 0 Å². The first-order chi connectivity index (χ1) is 16.9. The molecule has 4 rings (SSSR count). The number of rotatable bonds is 8. The van der Waals surface area contributed by atoms with E-state index in [1.165, 1.54) is 0 Å². The summed E-state index contributed by atoms with van der Waals surface area (Å²) in [7, 11) is 0. The lowest BCUT2D eigenvalue weighted by Crippen LogP contribution is -2.53. The zero-order valence-corrected chi connectivity index (χ0v) is 19.3. The maximum atomic E-state index is 12.9. The van der Waals surface area contributed by atoms with Crippen LogP contribution < -0.4 is 16.0 Å². The summed E-state index contributed by atoms with van der Waals surface area (Å²) in [6.45, 7) is 0.615. The summed E-state index contributed by atoms with van der Waals surface area (Å²) in [4.78, 5) is 48.8. The van der Waals surface area contributed by atoms with Gasteiger partial charge in [0.05, 0.1) is 0 Å². The lowest BCUT2D eigenvalue weighted by atomic mass is 9.98. The Morgan fingerprint density at radius 3 is 2.34 bits per heavy atom. The van der Waals surface area contributed by atoms with Gasteiger partial charge in [-0.3, -0.25) is 14.4 Å². The molecule has 35 heavy (non-hydrogen) atoms. The quantitative estimate of drug-likeness (QED) is 0.460. The molecule has 2 aliphatic rings. The number of hydrogen-bond donors (Lipinski definition) is 4. The number of ether oxygens (including phenoxy) is 1. The summed E-state index contributed by atoms with van der Waals surface area (Å²) in [5.41, 5.74) is 4.30. The second-order valence-electron chi connectivity index (χ2n) is 8.80. The third-order valence-electron chi connectivity index (χ3n) is 6.45. The standard InChI is InChI=1S/C26H29N3O6/c30-23(31)13-12-22(25(33)28-21-11-5-6-14-27-24(21)32)29-26(34)35-15-20-18-9-3-1-7-16(18)17-8-2-4-10-19(17)20/h1-4,7-10,20-22H,5-6,11-15H2,(H,27,32)(H,28,33)(H,29,34)(H,30,31). The van der Waals surface area contributed by atoms with Crippen molar-refractivity contribution < 1.29 is 29.0 Å². The second-order valence-corrected chi connectivity index (χ2v) is 8.80. The average Bonchev–Trinajstić information content (AvgIpc) is 3.03. The van der Waals surface area contributed by atoms with E-state index in [-0.39, 0.29) is 31.3 Å². The molecule has 184 valence electrons. The van der Waals surface area contributed by atoms with Crippen molar-refractivity contribution in [1.29, 1.82) is 0 Å². The molecule has 9 heteroatoms. The number of carboxylic acids is 1. The number of fused-ring (bicyclic) bond motifs is 3.